The summed E-state index contributed by atoms with van der Waals surface area (Å²) in [4.78, 5) is 0. The summed E-state index contributed by atoms with van der Waals surface area (Å²) in [7, 11) is 1.45. The van der Waals surface area contributed by atoms with Gasteiger partial charge in [-0.2, -0.15) is 0 Å². The van der Waals surface area contributed by atoms with Crippen molar-refractivity contribution in [3.8, 4) is 0 Å². The van der Waals surface area contributed by atoms with E-state index in [1.54, 1.807) is 0 Å². The fourth-order valence-corrected chi connectivity index (χ4v) is 1.64. The lowest BCUT2D eigenvalue weighted by Gasteiger charge is -2.33. The quantitative estimate of drug-likeness (QED) is 0.507. The maximum absolute atomic E-state index is 9.49. The van der Waals surface area contributed by atoms with Crippen LogP contribution in [-0.4, -0.2) is 54.6 Å². The fourth-order valence-electron chi connectivity index (χ4n) is 1.64. The minimum Gasteiger partial charge on any atom is -0.387 e. The molecular weight excluding hydrogens is 164 g/mol. The highest BCUT2D eigenvalue weighted by Gasteiger charge is 2.50. The molecule has 2 saturated heterocycles. The van der Waals surface area contributed by atoms with Crippen LogP contribution in [0, 0.1) is 0 Å². The first-order valence-electron chi connectivity index (χ1n) is 3.90. The van der Waals surface area contributed by atoms with E-state index >= 15 is 0 Å². The second kappa shape index (κ2) is 2.93. The van der Waals surface area contributed by atoms with Gasteiger partial charge in [0.25, 0.3) is 0 Å². The number of fused-ring (bicyclic) bond motifs is 2. The maximum atomic E-state index is 9.49. The normalized spacial score (nSPS) is 52.8. The first-order valence-corrected chi connectivity index (χ1v) is 3.90. The molecule has 0 saturated carbocycles. The zero-order valence-corrected chi connectivity index (χ0v) is 6.71. The smallest absolute Gasteiger partial charge is 0.186 e. The average molecular weight is 176 g/mol. The van der Waals surface area contributed by atoms with Crippen molar-refractivity contribution in [1.29, 1.82) is 0 Å². The van der Waals surface area contributed by atoms with E-state index < -0.39 is 24.6 Å². The maximum Gasteiger partial charge on any atom is 0.186 e. The molecule has 0 radical (unpaired) electrons. The van der Waals surface area contributed by atoms with Crippen LogP contribution >= 0.6 is 0 Å². The van der Waals surface area contributed by atoms with Crippen molar-refractivity contribution < 1.29 is 24.4 Å². The van der Waals surface area contributed by atoms with Crippen LogP contribution < -0.4 is 0 Å². The summed E-state index contributed by atoms with van der Waals surface area (Å²) in [5, 5.41) is 18.9. The lowest BCUT2D eigenvalue weighted by Crippen LogP contribution is -2.53. The SMILES string of the molecule is CO[C@H]1O[C@@H]2COC([C@H]1O)[C@@H]2O. The van der Waals surface area contributed by atoms with E-state index in [2.05, 4.69) is 0 Å². The summed E-state index contributed by atoms with van der Waals surface area (Å²) in [6.07, 6.45) is -3.22. The van der Waals surface area contributed by atoms with Crippen LogP contribution in [0.25, 0.3) is 0 Å². The lowest BCUT2D eigenvalue weighted by molar-refractivity contribution is -0.253. The van der Waals surface area contributed by atoms with Crippen molar-refractivity contribution in [2.45, 2.75) is 30.7 Å². The predicted molar refractivity (Wildman–Crippen MR) is 37.4 cm³/mol. The van der Waals surface area contributed by atoms with Gasteiger partial charge >= 0.3 is 0 Å². The summed E-state index contributed by atoms with van der Waals surface area (Å²) in [6.45, 7) is 0.322. The molecule has 2 bridgehead atoms. The van der Waals surface area contributed by atoms with Crippen molar-refractivity contribution >= 4 is 0 Å². The first kappa shape index (κ1) is 8.40. The summed E-state index contributed by atoms with van der Waals surface area (Å²) in [5.41, 5.74) is 0. The van der Waals surface area contributed by atoms with E-state index in [9.17, 15) is 10.2 Å². The molecule has 5 heteroatoms. The van der Waals surface area contributed by atoms with Gasteiger partial charge in [-0.25, -0.2) is 0 Å². The van der Waals surface area contributed by atoms with Gasteiger partial charge in [0.05, 0.1) is 6.61 Å². The summed E-state index contributed by atoms with van der Waals surface area (Å²) >= 11 is 0. The van der Waals surface area contributed by atoms with E-state index in [1.165, 1.54) is 7.11 Å². The van der Waals surface area contributed by atoms with Crippen LogP contribution in [0.5, 0.6) is 0 Å². The number of aliphatic hydroxyl groups is 2. The Kier molecular flexibility index (Phi) is 2.05. The van der Waals surface area contributed by atoms with E-state index in [-0.39, 0.29) is 6.10 Å². The minimum absolute atomic E-state index is 0.322. The Balaban J connectivity index is 2.12. The van der Waals surface area contributed by atoms with Crippen LogP contribution in [0.2, 0.25) is 0 Å². The third kappa shape index (κ3) is 1.06. The van der Waals surface area contributed by atoms with Crippen LogP contribution in [-0.2, 0) is 14.2 Å². The Labute approximate surface area is 69.8 Å². The number of aliphatic hydroxyl groups excluding tert-OH is 2. The van der Waals surface area contributed by atoms with Crippen LogP contribution in [0.1, 0.15) is 0 Å². The summed E-state index contributed by atoms with van der Waals surface area (Å²) < 4.78 is 15.2. The van der Waals surface area contributed by atoms with Gasteiger partial charge in [-0.3, -0.25) is 0 Å². The fraction of sp³-hybridized carbons (Fsp3) is 1.00. The van der Waals surface area contributed by atoms with Crippen molar-refractivity contribution in [2.75, 3.05) is 13.7 Å². The summed E-state index contributed by atoms with van der Waals surface area (Å²) in [5.74, 6) is 0. The lowest BCUT2D eigenvalue weighted by atomic mass is 10.0. The van der Waals surface area contributed by atoms with Gasteiger partial charge in [0, 0.05) is 7.11 Å². The largest absolute Gasteiger partial charge is 0.387 e. The van der Waals surface area contributed by atoms with Crippen LogP contribution in [0.15, 0.2) is 0 Å². The highest BCUT2D eigenvalue weighted by molar-refractivity contribution is 4.94. The van der Waals surface area contributed by atoms with Gasteiger partial charge < -0.3 is 24.4 Å². The second-order valence-electron chi connectivity index (χ2n) is 3.06. The molecule has 0 spiro atoms. The molecule has 70 valence electrons. The number of rotatable bonds is 1. The molecule has 2 aliphatic heterocycles. The molecule has 5 nitrogen and oxygen atoms in total. The molecule has 1 unspecified atom stereocenters. The van der Waals surface area contributed by atoms with Gasteiger partial charge in [-0.05, 0) is 0 Å². The molecule has 5 atom stereocenters. The third-order valence-corrected chi connectivity index (χ3v) is 2.33. The topological polar surface area (TPSA) is 68.2 Å². The zero-order valence-electron chi connectivity index (χ0n) is 6.71. The van der Waals surface area contributed by atoms with Crippen molar-refractivity contribution in [3.63, 3.8) is 0 Å². The Morgan fingerprint density at radius 3 is 2.75 bits per heavy atom. The minimum atomic E-state index is -0.899. The zero-order chi connectivity index (χ0) is 8.72. The number of hydrogen-bond acceptors (Lipinski definition) is 5. The molecule has 0 aromatic carbocycles. The van der Waals surface area contributed by atoms with E-state index in [0.717, 1.165) is 0 Å². The molecule has 0 aliphatic carbocycles. The molecule has 2 fully saturated rings. The Morgan fingerprint density at radius 2 is 2.08 bits per heavy atom. The van der Waals surface area contributed by atoms with Gasteiger partial charge in [-0.1, -0.05) is 0 Å². The Bertz CT molecular complexity index is 173. The van der Waals surface area contributed by atoms with Crippen molar-refractivity contribution in [3.05, 3.63) is 0 Å². The summed E-state index contributed by atoms with van der Waals surface area (Å²) in [6, 6.07) is 0. The highest BCUT2D eigenvalue weighted by atomic mass is 16.7. The van der Waals surface area contributed by atoms with Gasteiger partial charge in [0.2, 0.25) is 0 Å². The monoisotopic (exact) mass is 176 g/mol. The molecule has 0 aromatic rings. The van der Waals surface area contributed by atoms with Crippen LogP contribution in [0.3, 0.4) is 0 Å². The van der Waals surface area contributed by atoms with E-state index in [0.29, 0.717) is 6.61 Å². The van der Waals surface area contributed by atoms with Gasteiger partial charge in [0.15, 0.2) is 6.29 Å². The first-order chi connectivity index (χ1) is 5.74. The van der Waals surface area contributed by atoms with Crippen molar-refractivity contribution in [1.82, 2.24) is 0 Å². The van der Waals surface area contributed by atoms with Gasteiger partial charge in [-0.15, -0.1) is 0 Å². The van der Waals surface area contributed by atoms with E-state index in [1.807, 2.05) is 0 Å². The van der Waals surface area contributed by atoms with Crippen molar-refractivity contribution in [2.24, 2.45) is 0 Å². The molecular formula is C7H12O5. The van der Waals surface area contributed by atoms with Gasteiger partial charge in [0.1, 0.15) is 24.4 Å². The second-order valence-corrected chi connectivity index (χ2v) is 3.06. The van der Waals surface area contributed by atoms with Crippen LogP contribution in [0.4, 0.5) is 0 Å². The average Bonchev–Trinajstić information content (AvgIpc) is 2.31. The molecule has 0 amide bonds. The number of hydrogen-bond donors (Lipinski definition) is 2. The Hall–Kier alpha value is -0.200. The molecule has 0 aromatic heterocycles. The Morgan fingerprint density at radius 1 is 1.33 bits per heavy atom. The number of ether oxygens (including phenoxy) is 3. The molecule has 2 aliphatic rings. The number of methoxy groups -OCH3 is 1. The standard InChI is InChI=1S/C7H12O5/c1-10-7-5(9)6-4(8)3(12-7)2-11-6/h3-9H,2H2,1H3/t3-,4-,5-,6?,7+/m1/s1. The molecule has 2 rings (SSSR count). The van der Waals surface area contributed by atoms with E-state index in [4.69, 9.17) is 14.2 Å². The third-order valence-electron chi connectivity index (χ3n) is 2.33. The highest BCUT2D eigenvalue weighted by Crippen LogP contribution is 2.29. The molecule has 2 heterocycles. The molecule has 12 heavy (non-hydrogen) atoms. The predicted octanol–water partition coefficient (Wildman–Crippen LogP) is -1.52. The molecule has 2 N–H and O–H groups in total.